The zero-order chi connectivity index (χ0) is 21.8. The van der Waals surface area contributed by atoms with Gasteiger partial charge in [0.2, 0.25) is 5.60 Å². The highest BCUT2D eigenvalue weighted by Gasteiger charge is 2.45. The van der Waals surface area contributed by atoms with Crippen LogP contribution in [0.15, 0.2) is 72.8 Å². The first-order chi connectivity index (χ1) is 15.0. The van der Waals surface area contributed by atoms with Crippen molar-refractivity contribution in [2.24, 2.45) is 0 Å². The lowest BCUT2D eigenvalue weighted by molar-refractivity contribution is -0.149. The average molecular weight is 411 g/mol. The zero-order valence-corrected chi connectivity index (χ0v) is 18.1. The summed E-state index contributed by atoms with van der Waals surface area (Å²) in [6.45, 7) is 6.02. The number of hydrogen-bond acceptors (Lipinski definition) is 3. The lowest BCUT2D eigenvalue weighted by Crippen LogP contribution is -2.29. The number of carbonyl (C=O) groups is 1. The van der Waals surface area contributed by atoms with Gasteiger partial charge in [0, 0.05) is 18.1 Å². The minimum absolute atomic E-state index is 0.204. The van der Waals surface area contributed by atoms with Crippen molar-refractivity contribution in [3.63, 3.8) is 0 Å². The van der Waals surface area contributed by atoms with Crippen molar-refractivity contribution < 1.29 is 14.3 Å². The van der Waals surface area contributed by atoms with Crippen molar-refractivity contribution in [3.05, 3.63) is 89.5 Å². The largest absolute Gasteiger partial charge is 0.481 e. The van der Waals surface area contributed by atoms with E-state index in [9.17, 15) is 4.79 Å². The van der Waals surface area contributed by atoms with Crippen LogP contribution in [0.2, 0.25) is 0 Å². The summed E-state index contributed by atoms with van der Waals surface area (Å²) in [7, 11) is 0. The van der Waals surface area contributed by atoms with E-state index in [1.54, 1.807) is 0 Å². The zero-order valence-electron chi connectivity index (χ0n) is 18.1. The van der Waals surface area contributed by atoms with Gasteiger partial charge in [0.05, 0.1) is 0 Å². The lowest BCUT2D eigenvalue weighted by atomic mass is 9.91. The summed E-state index contributed by atoms with van der Waals surface area (Å²) < 4.78 is 11.7. The third-order valence-electron chi connectivity index (χ3n) is 5.84. The third kappa shape index (κ3) is 3.94. The highest BCUT2D eigenvalue weighted by molar-refractivity contribution is 5.84. The summed E-state index contributed by atoms with van der Waals surface area (Å²) in [4.78, 5) is 12.1. The Morgan fingerprint density at radius 2 is 1.52 bits per heavy atom. The molecule has 0 amide bonds. The Kier molecular flexibility index (Phi) is 5.82. The Balaban J connectivity index is 1.62. The summed E-state index contributed by atoms with van der Waals surface area (Å²) in [6.07, 6.45) is 1.10. The van der Waals surface area contributed by atoms with Gasteiger partial charge in [-0.2, -0.15) is 0 Å². The minimum Gasteiger partial charge on any atom is -0.481 e. The van der Waals surface area contributed by atoms with Gasteiger partial charge in [0.1, 0.15) is 12.4 Å². The Morgan fingerprint density at radius 1 is 0.935 bits per heavy atom. The molecular formula is C28H26O3. The van der Waals surface area contributed by atoms with Gasteiger partial charge in [-0.05, 0) is 47.1 Å². The van der Waals surface area contributed by atoms with Crippen LogP contribution in [0.1, 0.15) is 49.8 Å². The minimum atomic E-state index is -1.12. The average Bonchev–Trinajstić information content (AvgIpc) is 3.06. The molecule has 0 spiro atoms. The second kappa shape index (κ2) is 8.70. The number of rotatable bonds is 5. The number of benzene rings is 3. The van der Waals surface area contributed by atoms with Gasteiger partial charge in [-0.25, -0.2) is 0 Å². The second-order valence-electron chi connectivity index (χ2n) is 7.83. The quantitative estimate of drug-likeness (QED) is 0.378. The Bertz CT molecular complexity index is 1100. The molecule has 156 valence electrons. The number of fused-ring (bicyclic) bond motifs is 3. The van der Waals surface area contributed by atoms with E-state index >= 15 is 0 Å². The van der Waals surface area contributed by atoms with Crippen molar-refractivity contribution in [1.29, 1.82) is 0 Å². The van der Waals surface area contributed by atoms with E-state index in [0.29, 0.717) is 5.92 Å². The molecule has 0 N–H and O–H groups in total. The van der Waals surface area contributed by atoms with Crippen molar-refractivity contribution >= 4 is 5.97 Å². The fourth-order valence-electron chi connectivity index (χ4n) is 4.09. The number of esters is 1. The third-order valence-corrected chi connectivity index (χ3v) is 5.84. The molecule has 3 nitrogen and oxygen atoms in total. The van der Waals surface area contributed by atoms with Crippen LogP contribution < -0.4 is 4.74 Å². The Hall–Kier alpha value is -3.51. The summed E-state index contributed by atoms with van der Waals surface area (Å²) in [5.41, 5.74) is 4.02. The molecule has 0 fully saturated rings. The number of hydrogen-bond donors (Lipinski definition) is 0. The first-order valence-electron chi connectivity index (χ1n) is 10.7. The smallest absolute Gasteiger partial charge is 0.304 e. The van der Waals surface area contributed by atoms with Gasteiger partial charge in [-0.15, -0.1) is 0 Å². The van der Waals surface area contributed by atoms with E-state index in [1.807, 2.05) is 60.7 Å². The lowest BCUT2D eigenvalue weighted by Gasteiger charge is -2.25. The van der Waals surface area contributed by atoms with E-state index in [1.165, 1.54) is 12.5 Å². The van der Waals surface area contributed by atoms with Gasteiger partial charge >= 0.3 is 5.97 Å². The monoisotopic (exact) mass is 410 g/mol. The highest BCUT2D eigenvalue weighted by atomic mass is 16.6. The van der Waals surface area contributed by atoms with Crippen molar-refractivity contribution in [2.45, 2.75) is 38.7 Å². The van der Waals surface area contributed by atoms with Gasteiger partial charge < -0.3 is 9.47 Å². The van der Waals surface area contributed by atoms with Gasteiger partial charge in [0.15, 0.2) is 0 Å². The molecule has 1 unspecified atom stereocenters. The maximum absolute atomic E-state index is 12.1. The van der Waals surface area contributed by atoms with Crippen LogP contribution >= 0.6 is 0 Å². The number of ether oxygens (including phenoxy) is 2. The van der Waals surface area contributed by atoms with Crippen LogP contribution in [-0.4, -0.2) is 12.6 Å². The van der Waals surface area contributed by atoms with Crippen molar-refractivity contribution in [1.82, 2.24) is 0 Å². The molecule has 1 atom stereocenters. The summed E-state index contributed by atoms with van der Waals surface area (Å²) in [6, 6.07) is 24.0. The van der Waals surface area contributed by atoms with Gasteiger partial charge in [-0.1, -0.05) is 80.4 Å². The first kappa shape index (κ1) is 20.8. The van der Waals surface area contributed by atoms with Crippen molar-refractivity contribution in [2.75, 3.05) is 6.61 Å². The standard InChI is InChI=1S/C28H26O3/c1-4-20(2)22-14-16-23(17-15-22)30-19-9-18-28(31-21(3)29)26-12-7-5-10-24(26)25-11-6-8-13-27(25)28/h5-8,10-17,20H,4,19H2,1-3H3. The molecule has 0 saturated heterocycles. The molecule has 3 aromatic rings. The maximum atomic E-state index is 12.1. The SMILES string of the molecule is CCC(C)c1ccc(OCC#CC2(OC(C)=O)c3ccccc3-c3ccccc32)cc1. The van der Waals surface area contributed by atoms with Crippen LogP contribution in [0.3, 0.4) is 0 Å². The Labute approximate surface area is 184 Å². The molecule has 0 aliphatic heterocycles. The maximum Gasteiger partial charge on any atom is 0.304 e. The van der Waals surface area contributed by atoms with Crippen LogP contribution in [0.4, 0.5) is 0 Å². The summed E-state index contributed by atoms with van der Waals surface area (Å²) in [5.74, 6) is 7.26. The van der Waals surface area contributed by atoms with E-state index in [0.717, 1.165) is 34.4 Å². The first-order valence-corrected chi connectivity index (χ1v) is 10.7. The highest BCUT2D eigenvalue weighted by Crippen LogP contribution is 2.49. The fraction of sp³-hybridized carbons (Fsp3) is 0.250. The predicted octanol–water partition coefficient (Wildman–Crippen LogP) is 6.07. The Morgan fingerprint density at radius 3 is 2.06 bits per heavy atom. The molecule has 0 aromatic heterocycles. The van der Waals surface area contributed by atoms with E-state index in [4.69, 9.17) is 9.47 Å². The molecule has 3 aromatic carbocycles. The van der Waals surface area contributed by atoms with E-state index < -0.39 is 5.60 Å². The molecule has 0 heterocycles. The molecule has 0 saturated carbocycles. The normalized spacial score (nSPS) is 13.9. The van der Waals surface area contributed by atoms with Gasteiger partial charge in [-0.3, -0.25) is 4.79 Å². The van der Waals surface area contributed by atoms with Crippen LogP contribution in [0, 0.1) is 11.8 Å². The molecule has 4 rings (SSSR count). The topological polar surface area (TPSA) is 35.5 Å². The molecule has 0 radical (unpaired) electrons. The molecule has 0 bridgehead atoms. The molecule has 31 heavy (non-hydrogen) atoms. The molecular weight excluding hydrogens is 384 g/mol. The van der Waals surface area contributed by atoms with E-state index in [-0.39, 0.29) is 12.6 Å². The summed E-state index contributed by atoms with van der Waals surface area (Å²) >= 11 is 0. The van der Waals surface area contributed by atoms with E-state index in [2.05, 4.69) is 37.8 Å². The predicted molar refractivity (Wildman–Crippen MR) is 123 cm³/mol. The molecule has 1 aliphatic carbocycles. The van der Waals surface area contributed by atoms with Crippen LogP contribution in [0.25, 0.3) is 11.1 Å². The second-order valence-corrected chi connectivity index (χ2v) is 7.83. The van der Waals surface area contributed by atoms with Crippen LogP contribution in [0.5, 0.6) is 5.75 Å². The summed E-state index contributed by atoms with van der Waals surface area (Å²) in [5, 5.41) is 0. The fourth-order valence-corrected chi connectivity index (χ4v) is 4.09. The van der Waals surface area contributed by atoms with Gasteiger partial charge in [0.25, 0.3) is 0 Å². The van der Waals surface area contributed by atoms with Crippen molar-refractivity contribution in [3.8, 4) is 28.7 Å². The molecule has 1 aliphatic rings. The molecule has 3 heteroatoms. The van der Waals surface area contributed by atoms with Crippen LogP contribution in [-0.2, 0) is 15.1 Å². The number of carbonyl (C=O) groups excluding carboxylic acids is 1.